The third-order valence-electron chi connectivity index (χ3n) is 5.28. The fourth-order valence-electron chi connectivity index (χ4n) is 3.61. The molecule has 0 bridgehead atoms. The number of anilines is 1. The van der Waals surface area contributed by atoms with E-state index in [9.17, 15) is 18.3 Å². The van der Waals surface area contributed by atoms with Crippen LogP contribution in [0, 0.1) is 0 Å². The zero-order valence-electron chi connectivity index (χ0n) is 15.4. The minimum atomic E-state index is -4.40. The Morgan fingerprint density at radius 2 is 1.96 bits per heavy atom. The zero-order valence-corrected chi connectivity index (χ0v) is 15.4. The molecule has 0 atom stereocenters. The number of hydrogen-bond acceptors (Lipinski definition) is 4. The van der Waals surface area contributed by atoms with Gasteiger partial charge in [-0.25, -0.2) is 9.50 Å². The number of aliphatic hydroxyl groups is 1. The first-order valence-corrected chi connectivity index (χ1v) is 9.22. The lowest BCUT2D eigenvalue weighted by molar-refractivity contribution is -0.137. The normalized spacial score (nSPS) is 23.1. The first-order valence-electron chi connectivity index (χ1n) is 9.22. The van der Waals surface area contributed by atoms with E-state index >= 15 is 0 Å². The SMILES string of the molecule is C[C@]1(O)CC[C@H](Nc2ccn3ncc(-c4cccc(C(F)(F)F)c4)c3n2)CC1. The Bertz CT molecular complexity index is 987. The van der Waals surface area contributed by atoms with Gasteiger partial charge < -0.3 is 10.4 Å². The predicted octanol–water partition coefficient (Wildman–Crippen LogP) is 4.52. The quantitative estimate of drug-likeness (QED) is 0.690. The fraction of sp³-hybridized carbons (Fsp3) is 0.400. The number of aromatic nitrogens is 3. The van der Waals surface area contributed by atoms with Crippen LogP contribution in [0.25, 0.3) is 16.8 Å². The zero-order chi connectivity index (χ0) is 19.9. The third kappa shape index (κ3) is 3.82. The average Bonchev–Trinajstić information content (AvgIpc) is 3.06. The van der Waals surface area contributed by atoms with E-state index in [2.05, 4.69) is 15.4 Å². The van der Waals surface area contributed by atoms with Gasteiger partial charge in [0.05, 0.1) is 17.4 Å². The molecule has 1 aromatic carbocycles. The summed E-state index contributed by atoms with van der Waals surface area (Å²) in [4.78, 5) is 4.58. The van der Waals surface area contributed by atoms with E-state index in [0.717, 1.165) is 37.8 Å². The van der Waals surface area contributed by atoms with Gasteiger partial charge in [-0.1, -0.05) is 12.1 Å². The molecule has 0 aliphatic heterocycles. The highest BCUT2D eigenvalue weighted by Gasteiger charge is 2.31. The van der Waals surface area contributed by atoms with Crippen LogP contribution in [-0.2, 0) is 6.18 Å². The van der Waals surface area contributed by atoms with Crippen molar-refractivity contribution in [1.82, 2.24) is 14.6 Å². The summed E-state index contributed by atoms with van der Waals surface area (Å²) in [6.45, 7) is 1.85. The minimum absolute atomic E-state index is 0.204. The van der Waals surface area contributed by atoms with Crippen molar-refractivity contribution in [3.05, 3.63) is 48.3 Å². The summed E-state index contributed by atoms with van der Waals surface area (Å²) < 4.78 is 40.7. The molecule has 4 rings (SSSR count). The number of nitrogens with one attached hydrogen (secondary N) is 1. The van der Waals surface area contributed by atoms with Gasteiger partial charge in [-0.15, -0.1) is 0 Å². The molecule has 1 fully saturated rings. The fourth-order valence-corrected chi connectivity index (χ4v) is 3.61. The van der Waals surface area contributed by atoms with Crippen LogP contribution < -0.4 is 5.32 Å². The van der Waals surface area contributed by atoms with Crippen LogP contribution in [0.3, 0.4) is 0 Å². The smallest absolute Gasteiger partial charge is 0.390 e. The largest absolute Gasteiger partial charge is 0.416 e. The Morgan fingerprint density at radius 1 is 1.21 bits per heavy atom. The Morgan fingerprint density at radius 3 is 2.68 bits per heavy atom. The van der Waals surface area contributed by atoms with E-state index in [0.29, 0.717) is 22.6 Å². The average molecular weight is 390 g/mol. The van der Waals surface area contributed by atoms with Crippen LogP contribution in [0.4, 0.5) is 19.0 Å². The van der Waals surface area contributed by atoms with Crippen molar-refractivity contribution in [2.24, 2.45) is 0 Å². The van der Waals surface area contributed by atoms with Gasteiger partial charge in [-0.3, -0.25) is 0 Å². The van der Waals surface area contributed by atoms with Crippen LogP contribution in [0.15, 0.2) is 42.7 Å². The van der Waals surface area contributed by atoms with Crippen LogP contribution in [0.5, 0.6) is 0 Å². The summed E-state index contributed by atoms with van der Waals surface area (Å²) in [6.07, 6.45) is 1.96. The van der Waals surface area contributed by atoms with Crippen LogP contribution in [-0.4, -0.2) is 31.3 Å². The number of hydrogen-bond donors (Lipinski definition) is 2. The van der Waals surface area contributed by atoms with Gasteiger partial charge in [0.25, 0.3) is 0 Å². The van der Waals surface area contributed by atoms with E-state index in [1.165, 1.54) is 12.3 Å². The number of rotatable bonds is 3. The van der Waals surface area contributed by atoms with E-state index in [-0.39, 0.29) is 6.04 Å². The molecule has 1 aliphatic rings. The second kappa shape index (κ2) is 6.77. The molecule has 2 N–H and O–H groups in total. The molecule has 0 amide bonds. The number of halogens is 3. The lowest BCUT2D eigenvalue weighted by Crippen LogP contribution is -2.35. The molecule has 28 heavy (non-hydrogen) atoms. The molecule has 3 aromatic rings. The Kier molecular flexibility index (Phi) is 4.53. The number of alkyl halides is 3. The van der Waals surface area contributed by atoms with Gasteiger partial charge in [0, 0.05) is 17.8 Å². The van der Waals surface area contributed by atoms with Crippen LogP contribution >= 0.6 is 0 Å². The van der Waals surface area contributed by atoms with Crippen LogP contribution in [0.2, 0.25) is 0 Å². The van der Waals surface area contributed by atoms with Crippen molar-refractivity contribution in [3.8, 4) is 11.1 Å². The molecule has 1 saturated carbocycles. The number of nitrogens with zero attached hydrogens (tertiary/aromatic N) is 3. The minimum Gasteiger partial charge on any atom is -0.390 e. The Labute approximate surface area is 160 Å². The van der Waals surface area contributed by atoms with Crippen molar-refractivity contribution in [2.75, 3.05) is 5.32 Å². The van der Waals surface area contributed by atoms with E-state index in [1.807, 2.05) is 6.92 Å². The lowest BCUT2D eigenvalue weighted by atomic mass is 9.84. The first-order chi connectivity index (χ1) is 13.2. The molecule has 0 saturated heterocycles. The number of fused-ring (bicyclic) bond motifs is 1. The third-order valence-corrected chi connectivity index (χ3v) is 5.28. The van der Waals surface area contributed by atoms with E-state index in [1.54, 1.807) is 22.8 Å². The molecule has 5 nitrogen and oxygen atoms in total. The maximum atomic E-state index is 13.0. The van der Waals surface area contributed by atoms with E-state index in [4.69, 9.17) is 0 Å². The van der Waals surface area contributed by atoms with Gasteiger partial charge >= 0.3 is 6.18 Å². The Hall–Kier alpha value is -2.61. The van der Waals surface area contributed by atoms with Gasteiger partial charge in [0.15, 0.2) is 5.65 Å². The standard InChI is InChI=1S/C20H21F3N4O/c1-19(28)8-5-15(6-9-19)25-17-7-10-27-18(26-17)16(12-24-27)13-3-2-4-14(11-13)20(21,22)23/h2-4,7,10-12,15,28H,5-6,8-9H2,1H3,(H,25,26)/t15-,19-. The summed E-state index contributed by atoms with van der Waals surface area (Å²) in [5, 5.41) is 17.7. The van der Waals surface area contributed by atoms with Crippen molar-refractivity contribution in [2.45, 2.75) is 50.4 Å². The predicted molar refractivity (Wildman–Crippen MR) is 99.9 cm³/mol. The summed E-state index contributed by atoms with van der Waals surface area (Å²) in [6, 6.07) is 7.17. The van der Waals surface area contributed by atoms with Gasteiger partial charge in [-0.05, 0) is 56.4 Å². The monoisotopic (exact) mass is 390 g/mol. The van der Waals surface area contributed by atoms with Crippen molar-refractivity contribution in [3.63, 3.8) is 0 Å². The summed E-state index contributed by atoms with van der Waals surface area (Å²) in [5.41, 5.74) is 0.141. The summed E-state index contributed by atoms with van der Waals surface area (Å²) in [5.74, 6) is 0.646. The molecule has 0 unspecified atom stereocenters. The molecular weight excluding hydrogens is 369 g/mol. The molecule has 0 radical (unpaired) electrons. The van der Waals surface area contributed by atoms with Crippen molar-refractivity contribution in [1.29, 1.82) is 0 Å². The van der Waals surface area contributed by atoms with Gasteiger partial charge in [0.2, 0.25) is 0 Å². The van der Waals surface area contributed by atoms with Crippen LogP contribution in [0.1, 0.15) is 38.2 Å². The molecular formula is C20H21F3N4O. The molecule has 8 heteroatoms. The molecule has 148 valence electrons. The van der Waals surface area contributed by atoms with Gasteiger partial charge in [0.1, 0.15) is 5.82 Å². The van der Waals surface area contributed by atoms with Crippen molar-refractivity contribution < 1.29 is 18.3 Å². The lowest BCUT2D eigenvalue weighted by Gasteiger charge is -2.33. The van der Waals surface area contributed by atoms with Crippen molar-refractivity contribution >= 4 is 11.5 Å². The first kappa shape index (κ1) is 18.7. The summed E-state index contributed by atoms with van der Waals surface area (Å²) >= 11 is 0. The maximum absolute atomic E-state index is 13.0. The summed E-state index contributed by atoms with van der Waals surface area (Å²) in [7, 11) is 0. The molecule has 0 spiro atoms. The Balaban J connectivity index is 1.62. The maximum Gasteiger partial charge on any atom is 0.416 e. The highest BCUT2D eigenvalue weighted by molar-refractivity contribution is 5.78. The van der Waals surface area contributed by atoms with Gasteiger partial charge in [-0.2, -0.15) is 18.3 Å². The number of benzene rings is 1. The van der Waals surface area contributed by atoms with E-state index < -0.39 is 17.3 Å². The molecule has 1 aliphatic carbocycles. The highest BCUT2D eigenvalue weighted by atomic mass is 19.4. The molecule has 2 heterocycles. The highest BCUT2D eigenvalue weighted by Crippen LogP contribution is 2.33. The second-order valence-electron chi connectivity index (χ2n) is 7.63. The topological polar surface area (TPSA) is 62.5 Å². The second-order valence-corrected chi connectivity index (χ2v) is 7.63. The molecule has 2 aromatic heterocycles.